The number of nitrogens with one attached hydrogen (secondary N) is 4. The summed E-state index contributed by atoms with van der Waals surface area (Å²) in [5.74, 6) is -0.180. The number of carbonyl (C=O) groups is 2. The second-order valence-corrected chi connectivity index (χ2v) is 11.7. The molecule has 0 bridgehead atoms. The SMILES string of the molecule is CC1(C)CC(=CC(=O)NCCNC(=O)C=C2CC(C)(C)NC(C)(C)C2)CC(C)(C)N1. The predicted octanol–water partition coefficient (Wildman–Crippen LogP) is 2.95. The standard InChI is InChI=1S/C24H42N4O2/c1-21(2)13-17(14-22(3,4)27-21)11-19(29)25-9-10-26-20(30)12-18-15-23(5,6)28-24(7,8)16-18/h11-12,27-28H,9-10,13-16H2,1-8H3,(H,25,29)(H,26,30). The van der Waals surface area contributed by atoms with Crippen molar-refractivity contribution >= 4 is 11.8 Å². The first-order valence-electron chi connectivity index (χ1n) is 11.1. The average molecular weight is 419 g/mol. The molecule has 6 nitrogen and oxygen atoms in total. The first-order valence-corrected chi connectivity index (χ1v) is 11.1. The molecule has 170 valence electrons. The maximum Gasteiger partial charge on any atom is 0.243 e. The van der Waals surface area contributed by atoms with Crippen molar-refractivity contribution in [2.45, 2.75) is 103 Å². The monoisotopic (exact) mass is 418 g/mol. The summed E-state index contributed by atoms with van der Waals surface area (Å²) in [6, 6.07) is 0. The molecule has 0 aliphatic carbocycles. The minimum absolute atomic E-state index is 0.0207. The zero-order valence-electron chi connectivity index (χ0n) is 20.2. The Bertz CT molecular complexity index is 631. The maximum absolute atomic E-state index is 12.3. The van der Waals surface area contributed by atoms with Gasteiger partial charge in [-0.15, -0.1) is 0 Å². The van der Waals surface area contributed by atoms with E-state index in [0.717, 1.165) is 36.8 Å². The molecule has 0 aromatic rings. The molecule has 2 aliphatic rings. The van der Waals surface area contributed by atoms with Crippen molar-refractivity contribution in [1.82, 2.24) is 21.3 Å². The Kier molecular flexibility index (Phi) is 7.25. The Balaban J connectivity index is 1.79. The van der Waals surface area contributed by atoms with Gasteiger partial charge in [0.05, 0.1) is 0 Å². The summed E-state index contributed by atoms with van der Waals surface area (Å²) >= 11 is 0. The zero-order valence-corrected chi connectivity index (χ0v) is 20.2. The second-order valence-electron chi connectivity index (χ2n) is 11.7. The Hall–Kier alpha value is -1.66. The van der Waals surface area contributed by atoms with Gasteiger partial charge in [0.2, 0.25) is 11.8 Å². The van der Waals surface area contributed by atoms with Crippen molar-refractivity contribution in [3.8, 4) is 0 Å². The van der Waals surface area contributed by atoms with E-state index in [4.69, 9.17) is 0 Å². The fourth-order valence-corrected chi connectivity index (χ4v) is 5.45. The van der Waals surface area contributed by atoms with Crippen LogP contribution in [0.1, 0.15) is 81.1 Å². The van der Waals surface area contributed by atoms with Gasteiger partial charge in [-0.05, 0) is 81.1 Å². The molecular weight excluding hydrogens is 376 g/mol. The Morgan fingerprint density at radius 1 is 0.667 bits per heavy atom. The van der Waals surface area contributed by atoms with Crippen LogP contribution in [0, 0.1) is 0 Å². The van der Waals surface area contributed by atoms with Gasteiger partial charge in [-0.25, -0.2) is 0 Å². The smallest absolute Gasteiger partial charge is 0.243 e. The number of hydrogen-bond acceptors (Lipinski definition) is 4. The number of rotatable bonds is 5. The third kappa shape index (κ3) is 8.23. The first-order chi connectivity index (χ1) is 13.6. The number of hydrogen-bond donors (Lipinski definition) is 4. The predicted molar refractivity (Wildman–Crippen MR) is 123 cm³/mol. The van der Waals surface area contributed by atoms with Crippen LogP contribution in [0.4, 0.5) is 0 Å². The largest absolute Gasteiger partial charge is 0.351 e. The van der Waals surface area contributed by atoms with Crippen LogP contribution in [-0.4, -0.2) is 47.1 Å². The van der Waals surface area contributed by atoms with Gasteiger partial charge in [0.25, 0.3) is 0 Å². The minimum atomic E-state index is -0.0899. The highest BCUT2D eigenvalue weighted by Crippen LogP contribution is 2.33. The average Bonchev–Trinajstić information content (AvgIpc) is 2.44. The van der Waals surface area contributed by atoms with Crippen LogP contribution >= 0.6 is 0 Å². The summed E-state index contributed by atoms with van der Waals surface area (Å²) in [4.78, 5) is 24.6. The van der Waals surface area contributed by atoms with Gasteiger partial charge in [-0.2, -0.15) is 0 Å². The summed E-state index contributed by atoms with van der Waals surface area (Å²) in [6.07, 6.45) is 6.89. The van der Waals surface area contributed by atoms with Crippen molar-refractivity contribution in [3.63, 3.8) is 0 Å². The van der Waals surface area contributed by atoms with Crippen LogP contribution in [0.15, 0.2) is 23.3 Å². The molecule has 2 amide bonds. The molecule has 4 N–H and O–H groups in total. The molecule has 6 heteroatoms. The molecule has 0 radical (unpaired) electrons. The first kappa shape index (κ1) is 24.6. The van der Waals surface area contributed by atoms with Crippen LogP contribution in [0.2, 0.25) is 0 Å². The lowest BCUT2D eigenvalue weighted by atomic mass is 9.79. The number of amides is 2. The lowest BCUT2D eigenvalue weighted by Gasteiger charge is -2.44. The third-order valence-corrected chi connectivity index (χ3v) is 5.42. The molecule has 30 heavy (non-hydrogen) atoms. The molecule has 2 fully saturated rings. The molecule has 0 saturated carbocycles. The second kappa shape index (κ2) is 8.83. The van der Waals surface area contributed by atoms with Crippen LogP contribution in [0.3, 0.4) is 0 Å². The van der Waals surface area contributed by atoms with E-state index < -0.39 is 0 Å². The Morgan fingerprint density at radius 3 is 1.20 bits per heavy atom. The van der Waals surface area contributed by atoms with Crippen LogP contribution in [0.5, 0.6) is 0 Å². The summed E-state index contributed by atoms with van der Waals surface area (Å²) in [5.41, 5.74) is 2.23. The summed E-state index contributed by atoms with van der Waals surface area (Å²) < 4.78 is 0. The van der Waals surface area contributed by atoms with Crippen LogP contribution < -0.4 is 21.3 Å². The third-order valence-electron chi connectivity index (χ3n) is 5.42. The van der Waals surface area contributed by atoms with E-state index in [9.17, 15) is 9.59 Å². The highest BCUT2D eigenvalue weighted by Gasteiger charge is 2.35. The Morgan fingerprint density at radius 2 is 0.933 bits per heavy atom. The van der Waals surface area contributed by atoms with Gasteiger partial charge < -0.3 is 21.3 Å². The molecule has 0 aromatic heterocycles. The van der Waals surface area contributed by atoms with Gasteiger partial charge in [0.1, 0.15) is 0 Å². The van der Waals surface area contributed by atoms with Crippen LogP contribution in [0.25, 0.3) is 0 Å². The van der Waals surface area contributed by atoms with E-state index in [2.05, 4.69) is 76.7 Å². The molecule has 2 rings (SSSR count). The minimum Gasteiger partial charge on any atom is -0.351 e. The lowest BCUT2D eigenvalue weighted by Crippen LogP contribution is -2.56. The van der Waals surface area contributed by atoms with Crippen molar-refractivity contribution in [1.29, 1.82) is 0 Å². The summed E-state index contributed by atoms with van der Waals surface area (Å²) in [5, 5.41) is 13.0. The fraction of sp³-hybridized carbons (Fsp3) is 0.750. The topological polar surface area (TPSA) is 82.3 Å². The quantitative estimate of drug-likeness (QED) is 0.409. The van der Waals surface area contributed by atoms with Crippen LogP contribution in [-0.2, 0) is 9.59 Å². The highest BCUT2D eigenvalue weighted by molar-refractivity contribution is 5.89. The van der Waals surface area contributed by atoms with Crippen molar-refractivity contribution in [2.24, 2.45) is 0 Å². The van der Waals surface area contributed by atoms with E-state index in [1.807, 2.05) is 0 Å². The summed E-state index contributed by atoms with van der Waals surface area (Å²) in [7, 11) is 0. The molecule has 2 heterocycles. The van der Waals surface area contributed by atoms with E-state index in [-0.39, 0.29) is 34.0 Å². The van der Waals surface area contributed by atoms with E-state index in [1.165, 1.54) is 0 Å². The van der Waals surface area contributed by atoms with Gasteiger partial charge in [0.15, 0.2) is 0 Å². The maximum atomic E-state index is 12.3. The zero-order chi connectivity index (χ0) is 22.8. The molecule has 2 aliphatic heterocycles. The molecule has 2 saturated heterocycles. The number of carbonyl (C=O) groups excluding carboxylic acids is 2. The molecule has 0 atom stereocenters. The van der Waals surface area contributed by atoms with Crippen molar-refractivity contribution in [2.75, 3.05) is 13.1 Å². The van der Waals surface area contributed by atoms with E-state index in [0.29, 0.717) is 13.1 Å². The normalized spacial score (nSPS) is 24.0. The van der Waals surface area contributed by atoms with Crippen molar-refractivity contribution < 1.29 is 9.59 Å². The van der Waals surface area contributed by atoms with Crippen molar-refractivity contribution in [3.05, 3.63) is 23.3 Å². The molecular formula is C24H42N4O2. The number of piperidine rings is 2. The van der Waals surface area contributed by atoms with Gasteiger partial charge in [-0.1, -0.05) is 11.1 Å². The molecule has 0 spiro atoms. The molecule has 0 unspecified atom stereocenters. The van der Waals surface area contributed by atoms with Gasteiger partial charge in [-0.3, -0.25) is 9.59 Å². The highest BCUT2D eigenvalue weighted by atomic mass is 16.2. The summed E-state index contributed by atoms with van der Waals surface area (Å²) in [6.45, 7) is 18.1. The molecule has 0 aromatic carbocycles. The Labute approximate surface area is 182 Å². The lowest BCUT2D eigenvalue weighted by molar-refractivity contribution is -0.118. The van der Waals surface area contributed by atoms with Gasteiger partial charge >= 0.3 is 0 Å². The fourth-order valence-electron chi connectivity index (χ4n) is 5.45. The van der Waals surface area contributed by atoms with E-state index >= 15 is 0 Å². The van der Waals surface area contributed by atoms with E-state index in [1.54, 1.807) is 12.2 Å². The van der Waals surface area contributed by atoms with Gasteiger partial charge in [0, 0.05) is 47.4 Å².